The summed E-state index contributed by atoms with van der Waals surface area (Å²) < 4.78 is 0. The van der Waals surface area contributed by atoms with Crippen LogP contribution in [0.15, 0.2) is 48.1 Å². The largest absolute Gasteiger partial charge is 0.392 e. The Labute approximate surface area is 199 Å². The van der Waals surface area contributed by atoms with Crippen molar-refractivity contribution in [3.05, 3.63) is 59.2 Å². The third kappa shape index (κ3) is 6.58. The predicted molar refractivity (Wildman–Crippen MR) is 133 cm³/mol. The van der Waals surface area contributed by atoms with Crippen molar-refractivity contribution in [3.8, 4) is 0 Å². The highest BCUT2D eigenvalue weighted by molar-refractivity contribution is 5.76. The average Bonchev–Trinajstić information content (AvgIpc) is 3.49. The van der Waals surface area contributed by atoms with Gasteiger partial charge in [0.2, 0.25) is 5.91 Å². The van der Waals surface area contributed by atoms with Crippen molar-refractivity contribution in [1.82, 2.24) is 4.90 Å². The minimum Gasteiger partial charge on any atom is -0.392 e. The van der Waals surface area contributed by atoms with Gasteiger partial charge in [0.15, 0.2) is 0 Å². The number of fused-ring (bicyclic) bond motifs is 1. The maximum Gasteiger partial charge on any atom is 0.222 e. The number of unbranched alkanes of at least 4 members (excludes halogenated alkanes) is 2. The van der Waals surface area contributed by atoms with Crippen LogP contribution in [0.1, 0.15) is 68.9 Å². The summed E-state index contributed by atoms with van der Waals surface area (Å²) >= 11 is 0. The fourth-order valence-corrected chi connectivity index (χ4v) is 6.13. The summed E-state index contributed by atoms with van der Waals surface area (Å²) in [5.41, 5.74) is 3.88. The molecule has 2 N–H and O–H groups in total. The van der Waals surface area contributed by atoms with Gasteiger partial charge in [0.25, 0.3) is 0 Å². The minimum absolute atomic E-state index is 0.133. The molecule has 0 radical (unpaired) electrons. The molecule has 2 fully saturated rings. The smallest absolute Gasteiger partial charge is 0.222 e. The first-order valence-electron chi connectivity index (χ1n) is 13.1. The number of amides is 1. The van der Waals surface area contributed by atoms with Crippen LogP contribution >= 0.6 is 0 Å². The first-order chi connectivity index (χ1) is 16.0. The molecule has 5 atom stereocenters. The number of carbonyl (C=O) groups excluding carboxylic acids is 1. The van der Waals surface area contributed by atoms with Crippen molar-refractivity contribution in [1.29, 1.82) is 0 Å². The molecule has 33 heavy (non-hydrogen) atoms. The van der Waals surface area contributed by atoms with Crippen molar-refractivity contribution in [2.75, 3.05) is 13.1 Å². The van der Waals surface area contributed by atoms with E-state index in [0.717, 1.165) is 57.2 Å². The molecule has 1 heterocycles. The fraction of sp³-hybridized carbons (Fsp3) is 0.621. The SMILES string of the molecule is Cc1cccc(C[C@@H](O)/C=C/[C@@H]2[C@H]3CC(CCCCCC(=O)N4CCCC4)=C[C@H]3C[C@H]2O)c1. The number of aliphatic hydroxyl groups excluding tert-OH is 2. The van der Waals surface area contributed by atoms with Gasteiger partial charge < -0.3 is 15.1 Å². The highest BCUT2D eigenvalue weighted by Crippen LogP contribution is 2.48. The Bertz CT molecular complexity index is 854. The van der Waals surface area contributed by atoms with E-state index < -0.39 is 6.10 Å². The monoisotopic (exact) mass is 451 g/mol. The number of nitrogens with zero attached hydrogens (tertiary/aromatic N) is 1. The molecule has 180 valence electrons. The molecule has 0 spiro atoms. The zero-order valence-corrected chi connectivity index (χ0v) is 20.2. The van der Waals surface area contributed by atoms with E-state index in [-0.39, 0.29) is 12.0 Å². The van der Waals surface area contributed by atoms with Crippen LogP contribution in [0.3, 0.4) is 0 Å². The summed E-state index contributed by atoms with van der Waals surface area (Å²) in [7, 11) is 0. The maximum atomic E-state index is 12.2. The van der Waals surface area contributed by atoms with E-state index in [2.05, 4.69) is 37.3 Å². The highest BCUT2D eigenvalue weighted by Gasteiger charge is 2.43. The van der Waals surface area contributed by atoms with Gasteiger partial charge in [-0.15, -0.1) is 0 Å². The van der Waals surface area contributed by atoms with Crippen molar-refractivity contribution in [2.45, 2.75) is 83.3 Å². The van der Waals surface area contributed by atoms with Crippen LogP contribution in [0.4, 0.5) is 0 Å². The summed E-state index contributed by atoms with van der Waals surface area (Å²) in [6.45, 7) is 3.98. The van der Waals surface area contributed by atoms with Gasteiger partial charge in [-0.3, -0.25) is 4.79 Å². The summed E-state index contributed by atoms with van der Waals surface area (Å²) in [4.78, 5) is 14.2. The quantitative estimate of drug-likeness (QED) is 0.390. The van der Waals surface area contributed by atoms with E-state index in [1.165, 1.54) is 24.0 Å². The van der Waals surface area contributed by atoms with Gasteiger partial charge in [-0.25, -0.2) is 0 Å². The third-order valence-electron chi connectivity index (χ3n) is 7.88. The number of hydrogen-bond donors (Lipinski definition) is 2. The molecule has 0 aromatic heterocycles. The van der Waals surface area contributed by atoms with Crippen molar-refractivity contribution in [2.24, 2.45) is 17.8 Å². The van der Waals surface area contributed by atoms with Crippen molar-refractivity contribution >= 4 is 5.91 Å². The first kappa shape index (κ1) is 24.2. The minimum atomic E-state index is -0.518. The number of aliphatic hydroxyl groups is 2. The second-order valence-corrected chi connectivity index (χ2v) is 10.5. The van der Waals surface area contributed by atoms with E-state index in [1.54, 1.807) is 0 Å². The second kappa shape index (κ2) is 11.5. The molecule has 1 amide bonds. The van der Waals surface area contributed by atoms with Crippen LogP contribution in [0.25, 0.3) is 0 Å². The third-order valence-corrected chi connectivity index (χ3v) is 7.88. The van der Waals surface area contributed by atoms with Crippen LogP contribution < -0.4 is 0 Å². The molecular weight excluding hydrogens is 410 g/mol. The summed E-state index contributed by atoms with van der Waals surface area (Å²) in [5, 5.41) is 21.1. The van der Waals surface area contributed by atoms with E-state index in [4.69, 9.17) is 0 Å². The van der Waals surface area contributed by atoms with Crippen LogP contribution in [-0.2, 0) is 11.2 Å². The van der Waals surface area contributed by atoms with Gasteiger partial charge in [-0.2, -0.15) is 0 Å². The lowest BCUT2D eigenvalue weighted by Crippen LogP contribution is -2.27. The molecule has 4 rings (SSSR count). The Balaban J connectivity index is 1.18. The van der Waals surface area contributed by atoms with Crippen molar-refractivity contribution < 1.29 is 15.0 Å². The van der Waals surface area contributed by atoms with Gasteiger partial charge in [-0.1, -0.05) is 60.1 Å². The summed E-state index contributed by atoms with van der Waals surface area (Å²) in [6, 6.07) is 8.27. The Kier molecular flexibility index (Phi) is 8.43. The van der Waals surface area contributed by atoms with Gasteiger partial charge in [0, 0.05) is 31.8 Å². The maximum absolute atomic E-state index is 12.2. The Morgan fingerprint density at radius 3 is 2.82 bits per heavy atom. The Hall–Kier alpha value is -1.91. The number of allylic oxidation sites excluding steroid dienone is 2. The van der Waals surface area contributed by atoms with E-state index >= 15 is 0 Å². The molecule has 0 unspecified atom stereocenters. The standard InChI is InChI=1S/C29H41NO3/c1-21-8-7-10-22(16-21)18-25(31)12-13-26-27-19-23(17-24(27)20-28(26)32)9-3-2-4-11-29(33)30-14-5-6-15-30/h7-8,10,12-13,16-17,24-28,31-32H,2-6,9,11,14-15,18-20H2,1H3/b13-12+/t24-,25-,26+,27-,28+/m0/s1. The van der Waals surface area contributed by atoms with Crippen LogP contribution in [-0.4, -0.2) is 46.3 Å². The molecule has 4 heteroatoms. The molecule has 4 nitrogen and oxygen atoms in total. The normalized spacial score (nSPS) is 27.8. The number of benzene rings is 1. The van der Waals surface area contributed by atoms with Gasteiger partial charge in [0.1, 0.15) is 0 Å². The second-order valence-electron chi connectivity index (χ2n) is 10.5. The first-order valence-corrected chi connectivity index (χ1v) is 13.1. The van der Waals surface area contributed by atoms with Gasteiger partial charge in [-0.05, 0) is 69.3 Å². The van der Waals surface area contributed by atoms with E-state index in [0.29, 0.717) is 30.6 Å². The predicted octanol–water partition coefficient (Wildman–Crippen LogP) is 4.97. The molecule has 1 aromatic rings. The van der Waals surface area contributed by atoms with E-state index in [1.807, 2.05) is 17.0 Å². The molecular formula is C29H41NO3. The lowest BCUT2D eigenvalue weighted by atomic mass is 9.88. The number of carbonyl (C=O) groups is 1. The number of aryl methyl sites for hydroxylation is 1. The Morgan fingerprint density at radius 1 is 1.21 bits per heavy atom. The molecule has 1 aliphatic heterocycles. The number of rotatable bonds is 10. The van der Waals surface area contributed by atoms with Gasteiger partial charge >= 0.3 is 0 Å². The lowest BCUT2D eigenvalue weighted by molar-refractivity contribution is -0.130. The van der Waals surface area contributed by atoms with Crippen LogP contribution in [0.5, 0.6) is 0 Å². The van der Waals surface area contributed by atoms with Gasteiger partial charge in [0.05, 0.1) is 12.2 Å². The molecule has 3 aliphatic rings. The van der Waals surface area contributed by atoms with Crippen LogP contribution in [0, 0.1) is 24.7 Å². The Morgan fingerprint density at radius 2 is 2.03 bits per heavy atom. The number of hydrogen-bond acceptors (Lipinski definition) is 3. The highest BCUT2D eigenvalue weighted by atomic mass is 16.3. The summed E-state index contributed by atoms with van der Waals surface area (Å²) in [5.74, 6) is 1.41. The number of likely N-dealkylation sites (tertiary alicyclic amines) is 1. The topological polar surface area (TPSA) is 60.8 Å². The van der Waals surface area contributed by atoms with Crippen LogP contribution in [0.2, 0.25) is 0 Å². The summed E-state index contributed by atoms with van der Waals surface area (Å²) in [6.07, 6.45) is 15.5. The lowest BCUT2D eigenvalue weighted by Gasteiger charge is -2.19. The molecule has 2 aliphatic carbocycles. The van der Waals surface area contributed by atoms with E-state index in [9.17, 15) is 15.0 Å². The molecule has 1 aromatic carbocycles. The zero-order valence-electron chi connectivity index (χ0n) is 20.2. The zero-order chi connectivity index (χ0) is 23.2. The molecule has 1 saturated carbocycles. The molecule has 1 saturated heterocycles. The molecule has 0 bridgehead atoms. The van der Waals surface area contributed by atoms with Crippen molar-refractivity contribution in [3.63, 3.8) is 0 Å². The average molecular weight is 452 g/mol. The fourth-order valence-electron chi connectivity index (χ4n) is 6.13.